The molecule has 0 atom stereocenters. The van der Waals surface area contributed by atoms with Crippen LogP contribution in [-0.2, 0) is 0 Å². The van der Waals surface area contributed by atoms with Gasteiger partial charge in [0.25, 0.3) is 0 Å². The molecule has 0 fully saturated rings. The molecule has 0 aliphatic rings. The standard InChI is InChI=1S/C18H18FN5O/c1-12(2)25-16-8-6-14(7-9-16)22-18-23-17(11-20-24-18)21-15-5-3-4-13(19)10-15/h3-12H,1-2H3,(H2,21,22,23,24). The second kappa shape index (κ2) is 7.57. The zero-order valence-electron chi connectivity index (χ0n) is 13.9. The predicted octanol–water partition coefficient (Wildman–Crippen LogP) is 4.29. The third-order valence-corrected chi connectivity index (χ3v) is 3.14. The lowest BCUT2D eigenvalue weighted by Crippen LogP contribution is -2.05. The molecule has 1 aromatic heterocycles. The maximum Gasteiger partial charge on any atom is 0.249 e. The van der Waals surface area contributed by atoms with E-state index in [4.69, 9.17) is 4.74 Å². The van der Waals surface area contributed by atoms with Crippen molar-refractivity contribution in [3.8, 4) is 5.75 Å². The second-order valence-electron chi connectivity index (χ2n) is 5.62. The average Bonchev–Trinajstić information content (AvgIpc) is 2.57. The van der Waals surface area contributed by atoms with Gasteiger partial charge in [-0.2, -0.15) is 10.1 Å². The molecule has 0 aliphatic carbocycles. The van der Waals surface area contributed by atoms with Crippen LogP contribution in [0.5, 0.6) is 5.75 Å². The normalized spacial score (nSPS) is 10.6. The Morgan fingerprint density at radius 2 is 1.80 bits per heavy atom. The summed E-state index contributed by atoms with van der Waals surface area (Å²) < 4.78 is 18.8. The topological polar surface area (TPSA) is 72.0 Å². The molecule has 0 saturated carbocycles. The third-order valence-electron chi connectivity index (χ3n) is 3.14. The molecule has 6 nitrogen and oxygen atoms in total. The van der Waals surface area contributed by atoms with Crippen LogP contribution in [0.4, 0.5) is 27.5 Å². The highest BCUT2D eigenvalue weighted by Gasteiger charge is 2.04. The highest BCUT2D eigenvalue weighted by molar-refractivity contribution is 5.59. The van der Waals surface area contributed by atoms with Gasteiger partial charge in [-0.15, -0.1) is 5.10 Å². The summed E-state index contributed by atoms with van der Waals surface area (Å²) in [4.78, 5) is 4.31. The minimum absolute atomic E-state index is 0.122. The van der Waals surface area contributed by atoms with E-state index in [2.05, 4.69) is 25.8 Å². The highest BCUT2D eigenvalue weighted by atomic mass is 19.1. The van der Waals surface area contributed by atoms with Gasteiger partial charge in [-0.1, -0.05) is 6.07 Å². The number of aromatic nitrogens is 3. The van der Waals surface area contributed by atoms with Gasteiger partial charge >= 0.3 is 0 Å². The largest absolute Gasteiger partial charge is 0.491 e. The number of hydrogen-bond donors (Lipinski definition) is 2. The van der Waals surface area contributed by atoms with E-state index in [9.17, 15) is 4.39 Å². The summed E-state index contributed by atoms with van der Waals surface area (Å²) in [5, 5.41) is 13.9. The monoisotopic (exact) mass is 339 g/mol. The van der Waals surface area contributed by atoms with E-state index in [0.717, 1.165) is 11.4 Å². The molecule has 0 amide bonds. The molecule has 3 rings (SSSR count). The van der Waals surface area contributed by atoms with Crippen LogP contribution in [0.2, 0.25) is 0 Å². The molecule has 0 radical (unpaired) electrons. The van der Waals surface area contributed by atoms with Gasteiger partial charge < -0.3 is 15.4 Å². The average molecular weight is 339 g/mol. The van der Waals surface area contributed by atoms with Crippen LogP contribution in [0, 0.1) is 5.82 Å². The van der Waals surface area contributed by atoms with Crippen LogP contribution in [0.1, 0.15) is 13.8 Å². The summed E-state index contributed by atoms with van der Waals surface area (Å²) in [6, 6.07) is 13.6. The summed E-state index contributed by atoms with van der Waals surface area (Å²) in [5.74, 6) is 1.26. The van der Waals surface area contributed by atoms with E-state index in [-0.39, 0.29) is 11.9 Å². The van der Waals surface area contributed by atoms with E-state index in [1.807, 2.05) is 38.1 Å². The van der Waals surface area contributed by atoms with Crippen LogP contribution >= 0.6 is 0 Å². The second-order valence-corrected chi connectivity index (χ2v) is 5.62. The smallest absolute Gasteiger partial charge is 0.249 e. The molecule has 7 heteroatoms. The zero-order valence-corrected chi connectivity index (χ0v) is 13.9. The van der Waals surface area contributed by atoms with E-state index in [0.29, 0.717) is 17.5 Å². The first-order valence-corrected chi connectivity index (χ1v) is 7.84. The third kappa shape index (κ3) is 4.87. The van der Waals surface area contributed by atoms with Gasteiger partial charge in [0.1, 0.15) is 11.6 Å². The number of benzene rings is 2. The Morgan fingerprint density at radius 3 is 2.52 bits per heavy atom. The van der Waals surface area contributed by atoms with Gasteiger partial charge in [0.2, 0.25) is 5.95 Å². The first-order chi connectivity index (χ1) is 12.1. The number of ether oxygens (including phenoxy) is 1. The van der Waals surface area contributed by atoms with Gasteiger partial charge in [-0.05, 0) is 56.3 Å². The fraction of sp³-hybridized carbons (Fsp3) is 0.167. The zero-order chi connectivity index (χ0) is 17.6. The summed E-state index contributed by atoms with van der Waals surface area (Å²) in [5.41, 5.74) is 1.39. The van der Waals surface area contributed by atoms with Crippen LogP contribution in [-0.4, -0.2) is 21.3 Å². The van der Waals surface area contributed by atoms with Gasteiger partial charge in [0, 0.05) is 11.4 Å². The molecule has 0 spiro atoms. The lowest BCUT2D eigenvalue weighted by molar-refractivity contribution is 0.242. The number of anilines is 4. The Balaban J connectivity index is 1.69. The molecule has 0 bridgehead atoms. The van der Waals surface area contributed by atoms with Gasteiger partial charge in [0.05, 0.1) is 12.3 Å². The lowest BCUT2D eigenvalue weighted by Gasteiger charge is -2.11. The Bertz CT molecular complexity index is 839. The van der Waals surface area contributed by atoms with E-state index in [1.165, 1.54) is 18.3 Å². The summed E-state index contributed by atoms with van der Waals surface area (Å²) in [6.45, 7) is 3.95. The van der Waals surface area contributed by atoms with E-state index >= 15 is 0 Å². The molecule has 1 heterocycles. The van der Waals surface area contributed by atoms with Gasteiger partial charge in [0.15, 0.2) is 5.82 Å². The Labute approximate surface area is 145 Å². The summed E-state index contributed by atoms with van der Waals surface area (Å²) in [6.07, 6.45) is 1.59. The maximum absolute atomic E-state index is 13.2. The number of nitrogens with one attached hydrogen (secondary N) is 2. The Kier molecular flexibility index (Phi) is 5.03. The van der Waals surface area contributed by atoms with Crippen molar-refractivity contribution in [2.24, 2.45) is 0 Å². The van der Waals surface area contributed by atoms with Crippen molar-refractivity contribution in [3.63, 3.8) is 0 Å². The molecule has 3 aromatic rings. The van der Waals surface area contributed by atoms with Crippen molar-refractivity contribution in [2.45, 2.75) is 20.0 Å². The highest BCUT2D eigenvalue weighted by Crippen LogP contribution is 2.20. The fourth-order valence-corrected chi connectivity index (χ4v) is 2.15. The van der Waals surface area contributed by atoms with Crippen LogP contribution < -0.4 is 15.4 Å². The van der Waals surface area contributed by atoms with E-state index in [1.54, 1.807) is 12.1 Å². The molecule has 25 heavy (non-hydrogen) atoms. The van der Waals surface area contributed by atoms with Crippen molar-refractivity contribution >= 4 is 23.1 Å². The molecular weight excluding hydrogens is 321 g/mol. The van der Waals surface area contributed by atoms with Crippen LogP contribution in [0.3, 0.4) is 0 Å². The maximum atomic E-state index is 13.2. The lowest BCUT2D eigenvalue weighted by atomic mass is 10.3. The number of halogens is 1. The van der Waals surface area contributed by atoms with Crippen molar-refractivity contribution in [1.82, 2.24) is 15.2 Å². The van der Waals surface area contributed by atoms with Crippen molar-refractivity contribution in [2.75, 3.05) is 10.6 Å². The minimum Gasteiger partial charge on any atom is -0.491 e. The molecule has 0 aliphatic heterocycles. The molecule has 2 aromatic carbocycles. The summed E-state index contributed by atoms with van der Waals surface area (Å²) in [7, 11) is 0. The molecular formula is C18H18FN5O. The first-order valence-electron chi connectivity index (χ1n) is 7.84. The van der Waals surface area contributed by atoms with E-state index < -0.39 is 0 Å². The molecule has 0 unspecified atom stereocenters. The number of rotatable bonds is 6. The Morgan fingerprint density at radius 1 is 1.00 bits per heavy atom. The van der Waals surface area contributed by atoms with Crippen LogP contribution in [0.25, 0.3) is 0 Å². The molecule has 128 valence electrons. The Hall–Kier alpha value is -3.22. The van der Waals surface area contributed by atoms with Crippen molar-refractivity contribution in [1.29, 1.82) is 0 Å². The van der Waals surface area contributed by atoms with Crippen molar-refractivity contribution < 1.29 is 9.13 Å². The van der Waals surface area contributed by atoms with Gasteiger partial charge in [-0.25, -0.2) is 4.39 Å². The summed E-state index contributed by atoms with van der Waals surface area (Å²) >= 11 is 0. The van der Waals surface area contributed by atoms with Gasteiger partial charge in [-0.3, -0.25) is 0 Å². The number of hydrogen-bond acceptors (Lipinski definition) is 6. The quantitative estimate of drug-likeness (QED) is 0.698. The fourth-order valence-electron chi connectivity index (χ4n) is 2.15. The predicted molar refractivity (Wildman–Crippen MR) is 95.0 cm³/mol. The molecule has 0 saturated heterocycles. The SMILES string of the molecule is CC(C)Oc1ccc(Nc2nncc(Nc3cccc(F)c3)n2)cc1. The number of nitrogens with zero attached hydrogens (tertiary/aromatic N) is 3. The molecule has 2 N–H and O–H groups in total. The van der Waals surface area contributed by atoms with Crippen molar-refractivity contribution in [3.05, 3.63) is 60.5 Å². The van der Waals surface area contributed by atoms with Crippen LogP contribution in [0.15, 0.2) is 54.7 Å². The minimum atomic E-state index is -0.325. The first kappa shape index (κ1) is 16.6.